The van der Waals surface area contributed by atoms with Crippen LogP contribution in [0.2, 0.25) is 5.02 Å². The van der Waals surface area contributed by atoms with Crippen molar-refractivity contribution in [3.63, 3.8) is 0 Å². The SMILES string of the molecule is CN(Cc1nc2ccccc2n1C)C(=O)Nc1cc2c(cc1Cl)NC(=O)CO2. The molecule has 0 bridgehead atoms. The molecule has 1 aromatic heterocycles. The number of aromatic nitrogens is 2. The highest BCUT2D eigenvalue weighted by Crippen LogP contribution is 2.36. The maximum atomic E-state index is 12.6. The molecule has 0 atom stereocenters. The standard InChI is InChI=1S/C19H18ClN5O3/c1-24(9-17-21-12-5-3-4-6-15(12)25(17)2)19(27)23-13-8-16-14(7-11(13)20)22-18(26)10-28-16/h3-8H,9-10H2,1-2H3,(H,22,26)(H,23,27). The molecular weight excluding hydrogens is 382 g/mol. The van der Waals surface area contributed by atoms with Crippen molar-refractivity contribution >= 4 is 45.9 Å². The van der Waals surface area contributed by atoms with Gasteiger partial charge in [0.05, 0.1) is 34.0 Å². The fourth-order valence-electron chi connectivity index (χ4n) is 3.03. The van der Waals surface area contributed by atoms with Crippen LogP contribution in [-0.4, -0.2) is 40.0 Å². The van der Waals surface area contributed by atoms with Gasteiger partial charge in [0.15, 0.2) is 6.61 Å². The fraction of sp³-hybridized carbons (Fsp3) is 0.211. The number of nitrogens with one attached hydrogen (secondary N) is 2. The van der Waals surface area contributed by atoms with E-state index in [0.29, 0.717) is 28.7 Å². The summed E-state index contributed by atoms with van der Waals surface area (Å²) in [6, 6.07) is 10.6. The predicted molar refractivity (Wildman–Crippen MR) is 107 cm³/mol. The molecule has 0 radical (unpaired) electrons. The summed E-state index contributed by atoms with van der Waals surface area (Å²) in [4.78, 5) is 30.1. The van der Waals surface area contributed by atoms with Crippen molar-refractivity contribution < 1.29 is 14.3 Å². The van der Waals surface area contributed by atoms with E-state index >= 15 is 0 Å². The molecule has 0 saturated heterocycles. The van der Waals surface area contributed by atoms with E-state index in [1.54, 1.807) is 19.2 Å². The van der Waals surface area contributed by atoms with Crippen molar-refractivity contribution in [3.05, 3.63) is 47.2 Å². The van der Waals surface area contributed by atoms with Crippen molar-refractivity contribution in [3.8, 4) is 5.75 Å². The highest BCUT2D eigenvalue weighted by atomic mass is 35.5. The first-order chi connectivity index (χ1) is 13.4. The second-order valence-electron chi connectivity index (χ2n) is 6.53. The molecule has 9 heteroatoms. The van der Waals surface area contributed by atoms with E-state index in [0.717, 1.165) is 16.9 Å². The molecule has 0 spiro atoms. The van der Waals surface area contributed by atoms with Crippen LogP contribution in [0.25, 0.3) is 11.0 Å². The lowest BCUT2D eigenvalue weighted by molar-refractivity contribution is -0.118. The molecule has 2 heterocycles. The summed E-state index contributed by atoms with van der Waals surface area (Å²) in [7, 11) is 3.60. The van der Waals surface area contributed by atoms with Crippen molar-refractivity contribution in [2.45, 2.75) is 6.54 Å². The number of fused-ring (bicyclic) bond motifs is 2. The van der Waals surface area contributed by atoms with E-state index in [9.17, 15) is 9.59 Å². The van der Waals surface area contributed by atoms with Crippen LogP contribution in [0.4, 0.5) is 16.2 Å². The molecule has 0 saturated carbocycles. The lowest BCUT2D eigenvalue weighted by atomic mass is 10.2. The first-order valence-corrected chi connectivity index (χ1v) is 8.99. The molecular formula is C19H18ClN5O3. The quantitative estimate of drug-likeness (QED) is 0.707. The van der Waals surface area contributed by atoms with Gasteiger partial charge in [-0.3, -0.25) is 4.79 Å². The van der Waals surface area contributed by atoms with Crippen molar-refractivity contribution in [2.24, 2.45) is 7.05 Å². The Kier molecular flexibility index (Phi) is 4.56. The Morgan fingerprint density at radius 2 is 2.18 bits per heavy atom. The number of carbonyl (C=O) groups is 2. The number of nitrogens with zero attached hydrogens (tertiary/aromatic N) is 3. The normalized spacial score (nSPS) is 12.9. The van der Waals surface area contributed by atoms with Crippen LogP contribution in [0.3, 0.4) is 0 Å². The number of hydrogen-bond acceptors (Lipinski definition) is 4. The Hall–Kier alpha value is -3.26. The molecule has 0 fully saturated rings. The maximum absolute atomic E-state index is 12.6. The largest absolute Gasteiger partial charge is 0.482 e. The van der Waals surface area contributed by atoms with Gasteiger partial charge < -0.3 is 24.8 Å². The van der Waals surface area contributed by atoms with Crippen LogP contribution in [0.1, 0.15) is 5.82 Å². The summed E-state index contributed by atoms with van der Waals surface area (Å²) in [6.07, 6.45) is 0. The summed E-state index contributed by atoms with van der Waals surface area (Å²) in [6.45, 7) is 0.251. The molecule has 2 aromatic carbocycles. The molecule has 1 aliphatic rings. The van der Waals surface area contributed by atoms with E-state index in [2.05, 4.69) is 15.6 Å². The topological polar surface area (TPSA) is 88.5 Å². The van der Waals surface area contributed by atoms with Crippen LogP contribution in [-0.2, 0) is 18.4 Å². The number of imidazole rings is 1. The van der Waals surface area contributed by atoms with Crippen LogP contribution in [0.5, 0.6) is 5.75 Å². The summed E-state index contributed by atoms with van der Waals surface area (Å²) >= 11 is 6.24. The van der Waals surface area contributed by atoms with Crippen molar-refractivity contribution in [2.75, 3.05) is 24.3 Å². The molecule has 4 rings (SSSR count). The number of carbonyl (C=O) groups excluding carboxylic acids is 2. The molecule has 2 N–H and O–H groups in total. The Bertz CT molecular complexity index is 1090. The van der Waals surface area contributed by atoms with E-state index in [4.69, 9.17) is 16.3 Å². The van der Waals surface area contributed by atoms with Crippen LogP contribution in [0.15, 0.2) is 36.4 Å². The van der Waals surface area contributed by atoms with Crippen molar-refractivity contribution in [1.29, 1.82) is 0 Å². The van der Waals surface area contributed by atoms with Gasteiger partial charge in [0.25, 0.3) is 5.91 Å². The van der Waals surface area contributed by atoms with Gasteiger partial charge >= 0.3 is 6.03 Å². The first kappa shape index (κ1) is 18.1. The van der Waals surface area contributed by atoms with Gasteiger partial charge in [-0.15, -0.1) is 0 Å². The van der Waals surface area contributed by atoms with Crippen LogP contribution < -0.4 is 15.4 Å². The minimum atomic E-state index is -0.339. The maximum Gasteiger partial charge on any atom is 0.322 e. The second-order valence-corrected chi connectivity index (χ2v) is 6.93. The average molecular weight is 400 g/mol. The van der Waals surface area contributed by atoms with Crippen LogP contribution >= 0.6 is 11.6 Å². The zero-order valence-corrected chi connectivity index (χ0v) is 16.1. The van der Waals surface area contributed by atoms with Gasteiger partial charge in [-0.1, -0.05) is 23.7 Å². The number of halogens is 1. The summed E-state index contributed by atoms with van der Waals surface area (Å²) in [5, 5.41) is 5.74. The molecule has 144 valence electrons. The number of amides is 3. The van der Waals surface area contributed by atoms with Gasteiger partial charge in [0, 0.05) is 20.2 Å². The number of urea groups is 1. The molecule has 0 aliphatic carbocycles. The third-order valence-electron chi connectivity index (χ3n) is 4.55. The van der Waals surface area contributed by atoms with E-state index in [-0.39, 0.29) is 18.5 Å². The Labute approximate surface area is 166 Å². The number of rotatable bonds is 3. The first-order valence-electron chi connectivity index (χ1n) is 8.61. The van der Waals surface area contributed by atoms with Gasteiger partial charge in [-0.25, -0.2) is 9.78 Å². The van der Waals surface area contributed by atoms with E-state index in [1.807, 2.05) is 35.9 Å². The smallest absolute Gasteiger partial charge is 0.322 e. The Balaban J connectivity index is 1.50. The number of para-hydroxylation sites is 2. The van der Waals surface area contributed by atoms with Gasteiger partial charge in [0.2, 0.25) is 0 Å². The predicted octanol–water partition coefficient (Wildman–Crippen LogP) is 3.22. The average Bonchev–Trinajstić information content (AvgIpc) is 2.98. The number of hydrogen-bond donors (Lipinski definition) is 2. The number of anilines is 2. The minimum Gasteiger partial charge on any atom is -0.482 e. The highest BCUT2D eigenvalue weighted by molar-refractivity contribution is 6.34. The number of aryl methyl sites for hydroxylation is 1. The van der Waals surface area contributed by atoms with Crippen molar-refractivity contribution in [1.82, 2.24) is 14.5 Å². The Morgan fingerprint density at radius 3 is 2.96 bits per heavy atom. The monoisotopic (exact) mass is 399 g/mol. The minimum absolute atomic E-state index is 0.0748. The number of benzene rings is 2. The number of ether oxygens (including phenoxy) is 1. The zero-order valence-electron chi connectivity index (χ0n) is 15.3. The summed E-state index contributed by atoms with van der Waals surface area (Å²) < 4.78 is 7.33. The lowest BCUT2D eigenvalue weighted by Gasteiger charge is -2.21. The molecule has 1 aliphatic heterocycles. The molecule has 8 nitrogen and oxygen atoms in total. The fourth-order valence-corrected chi connectivity index (χ4v) is 3.24. The molecule has 28 heavy (non-hydrogen) atoms. The van der Waals surface area contributed by atoms with Crippen LogP contribution in [0, 0.1) is 0 Å². The zero-order chi connectivity index (χ0) is 19.8. The Morgan fingerprint density at radius 1 is 1.39 bits per heavy atom. The summed E-state index contributed by atoms with van der Waals surface area (Å²) in [5.74, 6) is 0.973. The molecule has 3 aromatic rings. The van der Waals surface area contributed by atoms with Gasteiger partial charge in [-0.2, -0.15) is 0 Å². The van der Waals surface area contributed by atoms with E-state index < -0.39 is 0 Å². The van der Waals surface area contributed by atoms with E-state index in [1.165, 1.54) is 4.90 Å². The molecule has 0 unspecified atom stereocenters. The third kappa shape index (κ3) is 3.34. The summed E-state index contributed by atoms with van der Waals surface area (Å²) in [5.41, 5.74) is 2.76. The van der Waals surface area contributed by atoms with Gasteiger partial charge in [-0.05, 0) is 18.2 Å². The third-order valence-corrected chi connectivity index (χ3v) is 4.86. The molecule has 3 amide bonds. The highest BCUT2D eigenvalue weighted by Gasteiger charge is 2.20. The second kappa shape index (κ2) is 7.05. The lowest BCUT2D eigenvalue weighted by Crippen LogP contribution is -2.32. The van der Waals surface area contributed by atoms with Gasteiger partial charge in [0.1, 0.15) is 11.6 Å².